The van der Waals surface area contributed by atoms with Crippen LogP contribution in [0.4, 0.5) is 10.5 Å². The smallest absolute Gasteiger partial charge is 0.321 e. The van der Waals surface area contributed by atoms with Gasteiger partial charge in [0.15, 0.2) is 0 Å². The van der Waals surface area contributed by atoms with Gasteiger partial charge in [-0.05, 0) is 51.0 Å². The number of hydrogen-bond donors (Lipinski definition) is 1. The van der Waals surface area contributed by atoms with Crippen LogP contribution in [0.3, 0.4) is 0 Å². The summed E-state index contributed by atoms with van der Waals surface area (Å²) in [5.41, 5.74) is 4.60. The minimum atomic E-state index is -0.157. The molecule has 0 aliphatic rings. The fourth-order valence-electron chi connectivity index (χ4n) is 2.97. The molecule has 0 aliphatic carbocycles. The zero-order valence-corrected chi connectivity index (χ0v) is 17.0. The number of anilines is 1. The summed E-state index contributed by atoms with van der Waals surface area (Å²) in [4.78, 5) is 14.2. The normalized spacial score (nSPS) is 10.9. The van der Waals surface area contributed by atoms with Gasteiger partial charge in [0.1, 0.15) is 0 Å². The molecular formula is C20H26N6O2. The third-order valence-electron chi connectivity index (χ3n) is 4.57. The molecule has 1 aromatic carbocycles. The maximum Gasteiger partial charge on any atom is 0.321 e. The molecule has 0 bridgehead atoms. The lowest BCUT2D eigenvalue weighted by atomic mass is 10.1. The molecule has 148 valence electrons. The number of nitrogens with one attached hydrogen (secondary N) is 1. The third-order valence-corrected chi connectivity index (χ3v) is 4.57. The van der Waals surface area contributed by atoms with Crippen molar-refractivity contribution in [3.8, 4) is 11.5 Å². The van der Waals surface area contributed by atoms with Crippen molar-refractivity contribution in [2.45, 2.75) is 40.7 Å². The molecule has 1 N–H and O–H groups in total. The van der Waals surface area contributed by atoms with Crippen molar-refractivity contribution in [3.63, 3.8) is 0 Å². The molecule has 0 saturated carbocycles. The Balaban J connectivity index is 1.59. The monoisotopic (exact) mass is 382 g/mol. The van der Waals surface area contributed by atoms with E-state index in [9.17, 15) is 4.79 Å². The van der Waals surface area contributed by atoms with Crippen LogP contribution in [0.2, 0.25) is 0 Å². The number of amides is 2. The maximum atomic E-state index is 12.6. The lowest BCUT2D eigenvalue weighted by Gasteiger charge is -2.19. The van der Waals surface area contributed by atoms with Gasteiger partial charge in [-0.15, -0.1) is 10.2 Å². The molecule has 2 aromatic heterocycles. The predicted octanol–water partition coefficient (Wildman–Crippen LogP) is 3.72. The first-order chi connectivity index (χ1) is 13.3. The van der Waals surface area contributed by atoms with Crippen molar-refractivity contribution >= 4 is 11.7 Å². The molecule has 0 aliphatic heterocycles. The van der Waals surface area contributed by atoms with Crippen molar-refractivity contribution in [1.82, 2.24) is 24.9 Å². The summed E-state index contributed by atoms with van der Waals surface area (Å²) in [6.07, 6.45) is 0.826. The second-order valence-corrected chi connectivity index (χ2v) is 7.01. The minimum absolute atomic E-state index is 0.157. The van der Waals surface area contributed by atoms with Crippen LogP contribution in [-0.4, -0.2) is 44.5 Å². The highest BCUT2D eigenvalue weighted by atomic mass is 16.4. The van der Waals surface area contributed by atoms with E-state index >= 15 is 0 Å². The van der Waals surface area contributed by atoms with E-state index in [1.54, 1.807) is 18.9 Å². The van der Waals surface area contributed by atoms with Gasteiger partial charge in [-0.25, -0.2) is 4.79 Å². The van der Waals surface area contributed by atoms with E-state index in [-0.39, 0.29) is 6.03 Å². The lowest BCUT2D eigenvalue weighted by molar-refractivity contribution is 0.221. The molecular weight excluding hydrogens is 356 g/mol. The van der Waals surface area contributed by atoms with E-state index < -0.39 is 0 Å². The maximum absolute atomic E-state index is 12.6. The summed E-state index contributed by atoms with van der Waals surface area (Å²) in [6, 6.07) is 7.57. The standard InChI is InChI=1S/C20H26N6O2/c1-13-7-8-17(19-23-22-16(4)28-19)12-18(13)21-20(27)25(5)9-6-10-26-15(3)11-14(2)24-26/h7-8,11-12H,6,9-10H2,1-5H3,(H,21,27). The Morgan fingerprint density at radius 2 is 1.96 bits per heavy atom. The highest BCUT2D eigenvalue weighted by molar-refractivity contribution is 5.90. The Morgan fingerprint density at radius 1 is 1.18 bits per heavy atom. The molecule has 2 amide bonds. The number of urea groups is 1. The van der Waals surface area contributed by atoms with Crippen LogP contribution in [0.15, 0.2) is 28.7 Å². The van der Waals surface area contributed by atoms with Crippen LogP contribution >= 0.6 is 0 Å². The SMILES string of the molecule is Cc1cc(C)n(CCCN(C)C(=O)Nc2cc(-c3nnc(C)o3)ccc2C)n1. The largest absolute Gasteiger partial charge is 0.421 e. The van der Waals surface area contributed by atoms with Crippen LogP contribution in [0.1, 0.15) is 29.3 Å². The summed E-state index contributed by atoms with van der Waals surface area (Å²) in [7, 11) is 1.79. The van der Waals surface area contributed by atoms with Gasteiger partial charge in [-0.1, -0.05) is 6.07 Å². The Labute approximate surface area is 164 Å². The van der Waals surface area contributed by atoms with Gasteiger partial charge in [0.2, 0.25) is 11.8 Å². The predicted molar refractivity (Wildman–Crippen MR) is 107 cm³/mol. The van der Waals surface area contributed by atoms with Gasteiger partial charge < -0.3 is 14.6 Å². The topological polar surface area (TPSA) is 89.1 Å². The average Bonchev–Trinajstić information content (AvgIpc) is 3.21. The van der Waals surface area contributed by atoms with Crippen molar-refractivity contribution in [3.05, 3.63) is 47.1 Å². The zero-order chi connectivity index (χ0) is 20.3. The minimum Gasteiger partial charge on any atom is -0.421 e. The van der Waals surface area contributed by atoms with Gasteiger partial charge in [0.05, 0.1) is 5.69 Å². The molecule has 8 heteroatoms. The molecule has 8 nitrogen and oxygen atoms in total. The molecule has 2 heterocycles. The second kappa shape index (κ2) is 8.24. The third kappa shape index (κ3) is 4.57. The first-order valence-corrected chi connectivity index (χ1v) is 9.28. The molecule has 0 fully saturated rings. The zero-order valence-electron chi connectivity index (χ0n) is 17.0. The Hall–Kier alpha value is -3.16. The van der Waals surface area contributed by atoms with E-state index in [1.165, 1.54) is 0 Å². The number of benzene rings is 1. The Bertz CT molecular complexity index is 975. The van der Waals surface area contributed by atoms with Crippen LogP contribution < -0.4 is 5.32 Å². The van der Waals surface area contributed by atoms with Gasteiger partial charge in [0.25, 0.3) is 0 Å². The van der Waals surface area contributed by atoms with E-state index in [1.807, 2.05) is 43.7 Å². The fourth-order valence-corrected chi connectivity index (χ4v) is 2.97. The number of aromatic nitrogens is 4. The van der Waals surface area contributed by atoms with Gasteiger partial charge in [0, 0.05) is 44.0 Å². The highest BCUT2D eigenvalue weighted by Gasteiger charge is 2.13. The fraction of sp³-hybridized carbons (Fsp3) is 0.400. The number of rotatable bonds is 6. The summed E-state index contributed by atoms with van der Waals surface area (Å²) in [6.45, 7) is 9.12. The average molecular weight is 382 g/mol. The number of hydrogen-bond acceptors (Lipinski definition) is 5. The Morgan fingerprint density at radius 3 is 2.61 bits per heavy atom. The van der Waals surface area contributed by atoms with Gasteiger partial charge >= 0.3 is 6.03 Å². The van der Waals surface area contributed by atoms with Crippen LogP contribution in [0, 0.1) is 27.7 Å². The number of nitrogens with zero attached hydrogens (tertiary/aromatic N) is 5. The summed E-state index contributed by atoms with van der Waals surface area (Å²) in [5, 5.41) is 15.3. The van der Waals surface area contributed by atoms with E-state index in [0.717, 1.165) is 41.2 Å². The first-order valence-electron chi connectivity index (χ1n) is 9.28. The second-order valence-electron chi connectivity index (χ2n) is 7.01. The van der Waals surface area contributed by atoms with Crippen molar-refractivity contribution in [2.75, 3.05) is 18.9 Å². The van der Waals surface area contributed by atoms with Crippen LogP contribution in [-0.2, 0) is 6.54 Å². The van der Waals surface area contributed by atoms with Crippen molar-refractivity contribution in [2.24, 2.45) is 0 Å². The van der Waals surface area contributed by atoms with Gasteiger partial charge in [-0.2, -0.15) is 5.10 Å². The quantitative estimate of drug-likeness (QED) is 0.702. The summed E-state index contributed by atoms with van der Waals surface area (Å²) >= 11 is 0. The van der Waals surface area contributed by atoms with Crippen molar-refractivity contribution < 1.29 is 9.21 Å². The number of carbonyl (C=O) groups is 1. The first kappa shape index (κ1) is 19.6. The van der Waals surface area contributed by atoms with E-state index in [4.69, 9.17) is 4.42 Å². The summed E-state index contributed by atoms with van der Waals surface area (Å²) in [5.74, 6) is 0.940. The summed E-state index contributed by atoms with van der Waals surface area (Å²) < 4.78 is 7.44. The molecule has 0 spiro atoms. The Kier molecular flexibility index (Phi) is 5.77. The molecule has 28 heavy (non-hydrogen) atoms. The lowest BCUT2D eigenvalue weighted by Crippen LogP contribution is -2.32. The number of aryl methyl sites for hydroxylation is 5. The number of carbonyl (C=O) groups excluding carboxylic acids is 1. The molecule has 3 rings (SSSR count). The molecule has 0 atom stereocenters. The van der Waals surface area contributed by atoms with Crippen LogP contribution in [0.5, 0.6) is 0 Å². The van der Waals surface area contributed by atoms with Crippen molar-refractivity contribution in [1.29, 1.82) is 0 Å². The van der Waals surface area contributed by atoms with Gasteiger partial charge in [-0.3, -0.25) is 4.68 Å². The van der Waals surface area contributed by atoms with E-state index in [2.05, 4.69) is 26.7 Å². The molecule has 0 unspecified atom stereocenters. The van der Waals surface area contributed by atoms with Crippen LogP contribution in [0.25, 0.3) is 11.5 Å². The highest BCUT2D eigenvalue weighted by Crippen LogP contribution is 2.24. The van der Waals surface area contributed by atoms with E-state index in [0.29, 0.717) is 18.3 Å². The molecule has 0 radical (unpaired) electrons. The molecule has 0 saturated heterocycles. The molecule has 3 aromatic rings.